The molecule has 1 aliphatic heterocycles. The van der Waals surface area contributed by atoms with Crippen molar-refractivity contribution in [3.05, 3.63) is 50.1 Å². The van der Waals surface area contributed by atoms with E-state index in [0.717, 1.165) is 18.5 Å². The van der Waals surface area contributed by atoms with Gasteiger partial charge in [-0.15, -0.1) is 0 Å². The van der Waals surface area contributed by atoms with Crippen molar-refractivity contribution in [3.63, 3.8) is 0 Å². The number of aryl methyl sites for hydroxylation is 1. The Labute approximate surface area is 131 Å². The molecular formula is C15H19N5O3. The van der Waals surface area contributed by atoms with Gasteiger partial charge in [-0.1, -0.05) is 0 Å². The van der Waals surface area contributed by atoms with E-state index in [9.17, 15) is 14.4 Å². The molecule has 3 N–H and O–H groups in total. The van der Waals surface area contributed by atoms with Gasteiger partial charge in [-0.3, -0.25) is 19.7 Å². The molecule has 2 aromatic heterocycles. The summed E-state index contributed by atoms with van der Waals surface area (Å²) in [5.74, 6) is 0.139. The second-order valence-corrected chi connectivity index (χ2v) is 5.88. The van der Waals surface area contributed by atoms with Gasteiger partial charge in [0.2, 0.25) is 5.91 Å². The number of rotatable bonds is 3. The molecule has 8 nitrogen and oxygen atoms in total. The summed E-state index contributed by atoms with van der Waals surface area (Å²) in [6.07, 6.45) is 3.62. The van der Waals surface area contributed by atoms with Crippen LogP contribution in [-0.2, 0) is 11.2 Å². The van der Waals surface area contributed by atoms with Crippen LogP contribution in [0, 0.1) is 6.92 Å². The Balaban J connectivity index is 1.73. The van der Waals surface area contributed by atoms with Crippen molar-refractivity contribution in [1.29, 1.82) is 0 Å². The molecular weight excluding hydrogens is 298 g/mol. The highest BCUT2D eigenvalue weighted by atomic mass is 16.2. The molecule has 0 aliphatic carbocycles. The molecule has 1 fully saturated rings. The van der Waals surface area contributed by atoms with Crippen LogP contribution >= 0.6 is 0 Å². The Kier molecular flexibility index (Phi) is 4.14. The molecule has 1 aliphatic rings. The number of nitrogens with zero attached hydrogens (tertiary/aromatic N) is 2. The van der Waals surface area contributed by atoms with E-state index >= 15 is 0 Å². The fourth-order valence-electron chi connectivity index (χ4n) is 3.05. The number of hydrogen-bond acceptors (Lipinski definition) is 4. The van der Waals surface area contributed by atoms with Crippen LogP contribution in [0.4, 0.5) is 0 Å². The van der Waals surface area contributed by atoms with Crippen LogP contribution in [0.3, 0.4) is 0 Å². The highest BCUT2D eigenvalue weighted by molar-refractivity contribution is 5.79. The molecule has 0 saturated carbocycles. The number of amides is 1. The molecule has 23 heavy (non-hydrogen) atoms. The Morgan fingerprint density at radius 2 is 2.22 bits per heavy atom. The largest absolute Gasteiger partial charge is 0.342 e. The predicted octanol–water partition coefficient (Wildman–Crippen LogP) is 0.0434. The van der Waals surface area contributed by atoms with Gasteiger partial charge in [0.05, 0.1) is 6.42 Å². The standard InChI is InChI=1S/C15H19N5O3/c1-9-11(14(22)18-15(23)17-9)7-13(21)20-6-2-3-10(8-20)12-4-5-16-19-12/h4-5,10H,2-3,6-8H2,1H3,(H,16,19)(H2,17,18,22,23). The topological polar surface area (TPSA) is 115 Å². The van der Waals surface area contributed by atoms with E-state index in [2.05, 4.69) is 20.2 Å². The normalized spacial score (nSPS) is 18.1. The smallest absolute Gasteiger partial charge is 0.325 e. The zero-order valence-corrected chi connectivity index (χ0v) is 12.9. The van der Waals surface area contributed by atoms with Gasteiger partial charge in [-0.25, -0.2) is 4.79 Å². The average Bonchev–Trinajstić information content (AvgIpc) is 3.05. The van der Waals surface area contributed by atoms with Crippen LogP contribution in [0.2, 0.25) is 0 Å². The van der Waals surface area contributed by atoms with Crippen molar-refractivity contribution in [1.82, 2.24) is 25.1 Å². The molecule has 3 heterocycles. The monoisotopic (exact) mass is 317 g/mol. The number of nitrogens with one attached hydrogen (secondary N) is 3. The molecule has 0 aromatic carbocycles. The lowest BCUT2D eigenvalue weighted by atomic mass is 9.94. The molecule has 0 spiro atoms. The number of piperidine rings is 1. The summed E-state index contributed by atoms with van der Waals surface area (Å²) < 4.78 is 0. The predicted molar refractivity (Wildman–Crippen MR) is 83.3 cm³/mol. The maximum Gasteiger partial charge on any atom is 0.325 e. The van der Waals surface area contributed by atoms with Crippen LogP contribution in [-0.4, -0.2) is 44.1 Å². The summed E-state index contributed by atoms with van der Waals surface area (Å²) in [4.78, 5) is 42.1. The maximum atomic E-state index is 12.5. The zero-order chi connectivity index (χ0) is 16.4. The van der Waals surface area contributed by atoms with Gasteiger partial charge in [-0.05, 0) is 25.8 Å². The third kappa shape index (κ3) is 3.25. The SMILES string of the molecule is Cc1[nH]c(=O)[nH]c(=O)c1CC(=O)N1CCCC(c2ccn[nH]2)C1. The van der Waals surface area contributed by atoms with Crippen LogP contribution in [0.1, 0.15) is 35.7 Å². The third-order valence-electron chi connectivity index (χ3n) is 4.32. The van der Waals surface area contributed by atoms with E-state index in [1.807, 2.05) is 6.07 Å². The zero-order valence-electron chi connectivity index (χ0n) is 12.9. The Morgan fingerprint density at radius 3 is 2.91 bits per heavy atom. The highest BCUT2D eigenvalue weighted by Gasteiger charge is 2.26. The summed E-state index contributed by atoms with van der Waals surface area (Å²) in [6, 6.07) is 1.93. The average molecular weight is 317 g/mol. The molecule has 1 atom stereocenters. The lowest BCUT2D eigenvalue weighted by molar-refractivity contribution is -0.131. The number of aromatic nitrogens is 4. The second-order valence-electron chi connectivity index (χ2n) is 5.88. The first-order valence-electron chi connectivity index (χ1n) is 7.63. The van der Waals surface area contributed by atoms with E-state index in [4.69, 9.17) is 0 Å². The van der Waals surface area contributed by atoms with Gasteiger partial charge >= 0.3 is 5.69 Å². The summed E-state index contributed by atoms with van der Waals surface area (Å²) in [5.41, 5.74) is 0.732. The molecule has 3 rings (SSSR count). The van der Waals surface area contributed by atoms with Crippen LogP contribution in [0.5, 0.6) is 0 Å². The molecule has 1 saturated heterocycles. The van der Waals surface area contributed by atoms with E-state index in [1.54, 1.807) is 18.0 Å². The number of hydrogen-bond donors (Lipinski definition) is 3. The molecule has 1 amide bonds. The number of H-pyrrole nitrogens is 3. The van der Waals surface area contributed by atoms with E-state index in [0.29, 0.717) is 24.3 Å². The summed E-state index contributed by atoms with van der Waals surface area (Å²) >= 11 is 0. The maximum absolute atomic E-state index is 12.5. The number of carbonyl (C=O) groups excluding carboxylic acids is 1. The Hall–Kier alpha value is -2.64. The van der Waals surface area contributed by atoms with Crippen molar-refractivity contribution >= 4 is 5.91 Å². The number of likely N-dealkylation sites (tertiary alicyclic amines) is 1. The minimum absolute atomic E-state index is 0.00631. The van der Waals surface area contributed by atoms with Crippen molar-refractivity contribution in [2.24, 2.45) is 0 Å². The quantitative estimate of drug-likeness (QED) is 0.741. The van der Waals surface area contributed by atoms with Gasteiger partial charge in [0.25, 0.3) is 5.56 Å². The van der Waals surface area contributed by atoms with Gasteiger partial charge in [-0.2, -0.15) is 5.10 Å². The Bertz CT molecular complexity index is 805. The molecule has 122 valence electrons. The van der Waals surface area contributed by atoms with Gasteiger partial charge in [0.1, 0.15) is 0 Å². The lowest BCUT2D eigenvalue weighted by Gasteiger charge is -2.32. The van der Waals surface area contributed by atoms with Gasteiger partial charge < -0.3 is 9.88 Å². The van der Waals surface area contributed by atoms with Crippen molar-refractivity contribution < 1.29 is 4.79 Å². The molecule has 1 unspecified atom stereocenters. The minimum atomic E-state index is -0.555. The molecule has 0 radical (unpaired) electrons. The van der Waals surface area contributed by atoms with Crippen LogP contribution in [0.25, 0.3) is 0 Å². The van der Waals surface area contributed by atoms with Gasteiger partial charge in [0.15, 0.2) is 0 Å². The highest BCUT2D eigenvalue weighted by Crippen LogP contribution is 2.25. The fourth-order valence-corrected chi connectivity index (χ4v) is 3.05. The Morgan fingerprint density at radius 1 is 1.39 bits per heavy atom. The fraction of sp³-hybridized carbons (Fsp3) is 0.467. The van der Waals surface area contributed by atoms with E-state index in [1.165, 1.54) is 0 Å². The lowest BCUT2D eigenvalue weighted by Crippen LogP contribution is -2.41. The molecule has 2 aromatic rings. The van der Waals surface area contributed by atoms with Crippen LogP contribution in [0.15, 0.2) is 21.9 Å². The summed E-state index contributed by atoms with van der Waals surface area (Å²) in [6.45, 7) is 2.92. The first-order valence-corrected chi connectivity index (χ1v) is 7.63. The van der Waals surface area contributed by atoms with Crippen molar-refractivity contribution in [3.8, 4) is 0 Å². The second kappa shape index (κ2) is 6.23. The minimum Gasteiger partial charge on any atom is -0.342 e. The molecule has 8 heteroatoms. The van der Waals surface area contributed by atoms with Crippen molar-refractivity contribution in [2.45, 2.75) is 32.1 Å². The number of aromatic amines is 3. The summed E-state index contributed by atoms with van der Waals surface area (Å²) in [7, 11) is 0. The number of carbonyl (C=O) groups is 1. The van der Waals surface area contributed by atoms with Crippen LogP contribution < -0.4 is 11.2 Å². The first-order chi connectivity index (χ1) is 11.0. The van der Waals surface area contributed by atoms with E-state index in [-0.39, 0.29) is 18.2 Å². The first kappa shape index (κ1) is 15.3. The van der Waals surface area contributed by atoms with E-state index < -0.39 is 11.2 Å². The molecule has 0 bridgehead atoms. The van der Waals surface area contributed by atoms with Crippen molar-refractivity contribution in [2.75, 3.05) is 13.1 Å². The third-order valence-corrected chi connectivity index (χ3v) is 4.32. The summed E-state index contributed by atoms with van der Waals surface area (Å²) in [5, 5.41) is 6.92. The van der Waals surface area contributed by atoms with Gasteiger partial charge in [0, 0.05) is 42.2 Å².